The summed E-state index contributed by atoms with van der Waals surface area (Å²) >= 11 is 0. The summed E-state index contributed by atoms with van der Waals surface area (Å²) in [6.07, 6.45) is 1.98. The molecule has 23 heavy (non-hydrogen) atoms. The summed E-state index contributed by atoms with van der Waals surface area (Å²) in [5.74, 6) is 0.143. The first kappa shape index (κ1) is 15.6. The van der Waals surface area contributed by atoms with Crippen molar-refractivity contribution in [3.05, 3.63) is 59.7 Å². The predicted molar refractivity (Wildman–Crippen MR) is 95.7 cm³/mol. The minimum atomic E-state index is 0.0516. The maximum Gasteiger partial charge on any atom is 0.227 e. The van der Waals surface area contributed by atoms with Gasteiger partial charge in [0.1, 0.15) is 0 Å². The molecule has 0 aromatic heterocycles. The molecule has 3 heteroatoms. The Kier molecular flexibility index (Phi) is 4.65. The molecule has 1 aliphatic heterocycles. The number of fused-ring (bicyclic) bond motifs is 1. The summed E-state index contributed by atoms with van der Waals surface area (Å²) < 4.78 is 0. The molecule has 1 N–H and O–H groups in total. The van der Waals surface area contributed by atoms with E-state index in [2.05, 4.69) is 46.6 Å². The van der Waals surface area contributed by atoms with Gasteiger partial charge in [0.15, 0.2) is 0 Å². The van der Waals surface area contributed by atoms with E-state index in [1.54, 1.807) is 0 Å². The molecule has 1 unspecified atom stereocenters. The Morgan fingerprint density at radius 2 is 1.91 bits per heavy atom. The lowest BCUT2D eigenvalue weighted by atomic mass is 10.1. The lowest BCUT2D eigenvalue weighted by molar-refractivity contribution is -0.119. The Hall–Kier alpha value is -2.29. The minimum Gasteiger partial charge on any atom is -0.367 e. The van der Waals surface area contributed by atoms with Crippen LogP contribution < -0.4 is 10.2 Å². The van der Waals surface area contributed by atoms with E-state index in [0.29, 0.717) is 0 Å². The molecule has 0 saturated heterocycles. The number of rotatable bonds is 5. The molecule has 1 atom stereocenters. The maximum atomic E-state index is 11.9. The third-order valence-electron chi connectivity index (χ3n) is 4.64. The van der Waals surface area contributed by atoms with Crippen molar-refractivity contribution in [2.24, 2.45) is 5.92 Å². The van der Waals surface area contributed by atoms with Gasteiger partial charge in [-0.15, -0.1) is 0 Å². The van der Waals surface area contributed by atoms with Gasteiger partial charge in [0, 0.05) is 30.4 Å². The second kappa shape index (κ2) is 6.86. The molecule has 2 aromatic carbocycles. The lowest BCUT2D eigenvalue weighted by Gasteiger charge is -2.19. The molecule has 1 heterocycles. The average Bonchev–Trinajstić information content (AvgIpc) is 2.99. The highest BCUT2D eigenvalue weighted by atomic mass is 16.1. The van der Waals surface area contributed by atoms with Crippen molar-refractivity contribution in [2.45, 2.75) is 33.2 Å². The summed E-state index contributed by atoms with van der Waals surface area (Å²) in [5.41, 5.74) is 4.93. The third kappa shape index (κ3) is 3.55. The van der Waals surface area contributed by atoms with Gasteiger partial charge in [-0.3, -0.25) is 4.79 Å². The zero-order valence-electron chi connectivity index (χ0n) is 13.9. The molecular weight excluding hydrogens is 284 g/mol. The third-order valence-corrected chi connectivity index (χ3v) is 4.64. The molecule has 1 aliphatic rings. The number of carbonyl (C=O) groups is 1. The van der Waals surface area contributed by atoms with Crippen LogP contribution in [0, 0.1) is 5.92 Å². The van der Waals surface area contributed by atoms with Crippen LogP contribution in [-0.2, 0) is 17.8 Å². The van der Waals surface area contributed by atoms with Gasteiger partial charge >= 0.3 is 0 Å². The fourth-order valence-corrected chi connectivity index (χ4v) is 2.94. The summed E-state index contributed by atoms with van der Waals surface area (Å²) in [7, 11) is 0. The zero-order chi connectivity index (χ0) is 16.2. The van der Waals surface area contributed by atoms with Crippen molar-refractivity contribution in [3.8, 4) is 0 Å². The van der Waals surface area contributed by atoms with Gasteiger partial charge in [-0.1, -0.05) is 44.2 Å². The van der Waals surface area contributed by atoms with Crippen LogP contribution in [0.2, 0.25) is 0 Å². The summed E-state index contributed by atoms with van der Waals surface area (Å²) in [4.78, 5) is 14.3. The predicted octanol–water partition coefficient (Wildman–Crippen LogP) is 4.23. The van der Waals surface area contributed by atoms with Crippen LogP contribution in [0.3, 0.4) is 0 Å². The number of carbonyl (C=O) groups excluding carboxylic acids is 1. The van der Waals surface area contributed by atoms with E-state index in [4.69, 9.17) is 0 Å². The molecular formula is C20H24N2O. The van der Waals surface area contributed by atoms with Crippen LogP contribution in [0.25, 0.3) is 0 Å². The van der Waals surface area contributed by atoms with Gasteiger partial charge in [0.05, 0.1) is 0 Å². The first-order chi connectivity index (χ1) is 11.2. The quantitative estimate of drug-likeness (QED) is 0.896. The Balaban J connectivity index is 1.64. The fraction of sp³-hybridized carbons (Fsp3) is 0.350. The Morgan fingerprint density at radius 1 is 1.17 bits per heavy atom. The van der Waals surface area contributed by atoms with E-state index < -0.39 is 0 Å². The molecule has 0 radical (unpaired) electrons. The van der Waals surface area contributed by atoms with Crippen molar-refractivity contribution < 1.29 is 4.79 Å². The molecule has 0 aliphatic carbocycles. The van der Waals surface area contributed by atoms with Gasteiger partial charge in [-0.05, 0) is 42.2 Å². The van der Waals surface area contributed by atoms with Crippen LogP contribution >= 0.6 is 0 Å². The van der Waals surface area contributed by atoms with Crippen LogP contribution in [0.5, 0.6) is 0 Å². The van der Waals surface area contributed by atoms with Gasteiger partial charge < -0.3 is 10.2 Å². The first-order valence-corrected chi connectivity index (χ1v) is 8.40. The number of amides is 1. The highest BCUT2D eigenvalue weighted by Gasteiger charge is 2.18. The second-order valence-corrected chi connectivity index (χ2v) is 6.30. The number of para-hydroxylation sites is 1. The molecule has 0 saturated carbocycles. The monoisotopic (exact) mass is 308 g/mol. The molecule has 0 bridgehead atoms. The maximum absolute atomic E-state index is 11.9. The molecule has 2 aromatic rings. The van der Waals surface area contributed by atoms with E-state index >= 15 is 0 Å². The Morgan fingerprint density at radius 3 is 2.65 bits per heavy atom. The van der Waals surface area contributed by atoms with Crippen molar-refractivity contribution in [1.29, 1.82) is 0 Å². The number of nitrogens with zero attached hydrogens (tertiary/aromatic N) is 1. The number of benzene rings is 2. The summed E-state index contributed by atoms with van der Waals surface area (Å²) in [6.45, 7) is 5.97. The number of nitrogens with one attached hydrogen (secondary N) is 1. The van der Waals surface area contributed by atoms with E-state index in [1.807, 2.05) is 26.0 Å². The van der Waals surface area contributed by atoms with Crippen LogP contribution in [0.4, 0.5) is 11.4 Å². The zero-order valence-corrected chi connectivity index (χ0v) is 13.9. The molecule has 120 valence electrons. The number of hydrogen-bond acceptors (Lipinski definition) is 2. The van der Waals surface area contributed by atoms with E-state index in [-0.39, 0.29) is 11.8 Å². The molecule has 0 spiro atoms. The van der Waals surface area contributed by atoms with Crippen molar-refractivity contribution in [3.63, 3.8) is 0 Å². The first-order valence-electron chi connectivity index (χ1n) is 8.40. The molecule has 1 amide bonds. The number of hydrogen-bond donors (Lipinski definition) is 1. The van der Waals surface area contributed by atoms with Gasteiger partial charge in [0.25, 0.3) is 0 Å². The van der Waals surface area contributed by atoms with Gasteiger partial charge in [0.2, 0.25) is 5.91 Å². The van der Waals surface area contributed by atoms with E-state index in [0.717, 1.165) is 31.6 Å². The van der Waals surface area contributed by atoms with E-state index in [9.17, 15) is 4.79 Å². The van der Waals surface area contributed by atoms with E-state index in [1.165, 1.54) is 16.8 Å². The average molecular weight is 308 g/mol. The molecule has 3 rings (SSSR count). The lowest BCUT2D eigenvalue weighted by Crippen LogP contribution is -2.20. The minimum absolute atomic E-state index is 0.0516. The summed E-state index contributed by atoms with van der Waals surface area (Å²) in [5, 5.41) is 2.98. The number of anilines is 2. The van der Waals surface area contributed by atoms with Crippen molar-refractivity contribution in [1.82, 2.24) is 0 Å². The molecule has 0 fully saturated rings. The van der Waals surface area contributed by atoms with Crippen molar-refractivity contribution in [2.75, 3.05) is 16.8 Å². The van der Waals surface area contributed by atoms with Crippen LogP contribution in [0.15, 0.2) is 48.5 Å². The van der Waals surface area contributed by atoms with Gasteiger partial charge in [-0.2, -0.15) is 0 Å². The SMILES string of the molecule is CCC(C)C(=O)Nc1ccc(CN2CCc3ccccc32)cc1. The topological polar surface area (TPSA) is 32.3 Å². The fourth-order valence-electron chi connectivity index (χ4n) is 2.94. The normalized spacial score (nSPS) is 14.4. The highest BCUT2D eigenvalue weighted by molar-refractivity contribution is 5.92. The van der Waals surface area contributed by atoms with Crippen molar-refractivity contribution >= 4 is 17.3 Å². The Bertz CT molecular complexity index is 678. The molecule has 3 nitrogen and oxygen atoms in total. The Labute approximate surface area is 138 Å². The summed E-state index contributed by atoms with van der Waals surface area (Å²) in [6, 6.07) is 16.8. The smallest absolute Gasteiger partial charge is 0.227 e. The standard InChI is InChI=1S/C20H24N2O/c1-3-15(2)20(23)21-18-10-8-16(9-11-18)14-22-13-12-17-6-4-5-7-19(17)22/h4-11,15H,3,12-14H2,1-2H3,(H,21,23). The highest BCUT2D eigenvalue weighted by Crippen LogP contribution is 2.29. The van der Waals surface area contributed by atoms with Crippen LogP contribution in [-0.4, -0.2) is 12.5 Å². The van der Waals surface area contributed by atoms with Crippen LogP contribution in [0.1, 0.15) is 31.4 Å². The largest absolute Gasteiger partial charge is 0.367 e. The van der Waals surface area contributed by atoms with Gasteiger partial charge in [-0.25, -0.2) is 0 Å². The second-order valence-electron chi connectivity index (χ2n) is 6.30.